The van der Waals surface area contributed by atoms with E-state index in [2.05, 4.69) is 75.8 Å². The minimum atomic E-state index is 0.408. The van der Waals surface area contributed by atoms with Gasteiger partial charge in [0.15, 0.2) is 11.5 Å². The molecule has 0 N–H and O–H groups in total. The highest BCUT2D eigenvalue weighted by Crippen LogP contribution is 2.40. The van der Waals surface area contributed by atoms with E-state index in [1.807, 2.05) is 16.3 Å². The summed E-state index contributed by atoms with van der Waals surface area (Å²) in [6.07, 6.45) is 2.19. The van der Waals surface area contributed by atoms with E-state index < -0.39 is 0 Å². The van der Waals surface area contributed by atoms with Crippen molar-refractivity contribution in [2.45, 2.75) is 36.0 Å². The monoisotopic (exact) mass is 413 g/mol. The van der Waals surface area contributed by atoms with Crippen molar-refractivity contribution >= 4 is 17.4 Å². The van der Waals surface area contributed by atoms with Gasteiger partial charge in [0.1, 0.15) is 0 Å². The number of likely N-dealkylation sites (tertiary alicyclic amines) is 1. The third-order valence-corrected chi connectivity index (χ3v) is 7.35. The Morgan fingerprint density at radius 2 is 1.73 bits per heavy atom. The number of hydrogen-bond acceptors (Lipinski definition) is 5. The third-order valence-electron chi connectivity index (χ3n) is 6.22. The lowest BCUT2D eigenvalue weighted by Gasteiger charge is -2.31. The summed E-state index contributed by atoms with van der Waals surface area (Å²) in [5.41, 5.74) is 5.81. The van der Waals surface area contributed by atoms with Crippen molar-refractivity contribution in [1.82, 2.24) is 24.7 Å². The summed E-state index contributed by atoms with van der Waals surface area (Å²) in [5, 5.41) is 14.1. The minimum absolute atomic E-state index is 0.408. The summed E-state index contributed by atoms with van der Waals surface area (Å²) in [6, 6.07) is 21.5. The second-order valence-corrected chi connectivity index (χ2v) is 9.18. The fourth-order valence-corrected chi connectivity index (χ4v) is 5.64. The van der Waals surface area contributed by atoms with Crippen LogP contribution < -0.4 is 0 Å². The van der Waals surface area contributed by atoms with Gasteiger partial charge in [0.05, 0.1) is 5.69 Å². The second-order valence-electron chi connectivity index (χ2n) is 8.17. The number of rotatable bonds is 3. The van der Waals surface area contributed by atoms with E-state index in [-0.39, 0.29) is 0 Å². The molecule has 30 heavy (non-hydrogen) atoms. The molecule has 6 heteroatoms. The average molecular weight is 414 g/mol. The van der Waals surface area contributed by atoms with Gasteiger partial charge in [-0.2, -0.15) is 9.61 Å². The first-order valence-corrected chi connectivity index (χ1v) is 11.6. The van der Waals surface area contributed by atoms with Gasteiger partial charge >= 0.3 is 0 Å². The molecule has 2 aromatic carbocycles. The van der Waals surface area contributed by atoms with Gasteiger partial charge in [-0.1, -0.05) is 48.5 Å². The standard InChI is InChI=1S/C24H23N5S/c1-2-6-17(7-3-1)15-28-12-10-18(11-13-28)24-26-25-22-14-19-16-30-21-9-5-4-8-20(21)23(19)27-29(22)24/h1-9,14,18H,10-13,15-16H2. The van der Waals surface area contributed by atoms with E-state index in [1.165, 1.54) is 21.6 Å². The Morgan fingerprint density at radius 3 is 2.60 bits per heavy atom. The molecule has 150 valence electrons. The molecule has 0 amide bonds. The van der Waals surface area contributed by atoms with Crippen molar-refractivity contribution in [2.75, 3.05) is 13.1 Å². The molecule has 0 unspecified atom stereocenters. The summed E-state index contributed by atoms with van der Waals surface area (Å²) in [7, 11) is 0. The molecule has 0 spiro atoms. The predicted molar refractivity (Wildman–Crippen MR) is 119 cm³/mol. The van der Waals surface area contributed by atoms with Gasteiger partial charge in [-0.25, -0.2) is 0 Å². The van der Waals surface area contributed by atoms with Gasteiger partial charge in [-0.15, -0.1) is 22.0 Å². The maximum atomic E-state index is 5.04. The molecule has 0 atom stereocenters. The summed E-state index contributed by atoms with van der Waals surface area (Å²) in [6.45, 7) is 3.19. The van der Waals surface area contributed by atoms with Crippen LogP contribution in [0.15, 0.2) is 65.6 Å². The van der Waals surface area contributed by atoms with E-state index in [4.69, 9.17) is 5.10 Å². The second kappa shape index (κ2) is 7.52. The van der Waals surface area contributed by atoms with Crippen LogP contribution in [0, 0.1) is 0 Å². The Bertz CT molecular complexity index is 1190. The summed E-state index contributed by atoms with van der Waals surface area (Å²) in [5.74, 6) is 2.37. The largest absolute Gasteiger partial charge is 0.299 e. The predicted octanol–water partition coefficient (Wildman–Crippen LogP) is 4.78. The van der Waals surface area contributed by atoms with Crippen LogP contribution in [0.25, 0.3) is 16.9 Å². The number of benzene rings is 2. The first-order chi connectivity index (χ1) is 14.8. The van der Waals surface area contributed by atoms with Crippen molar-refractivity contribution in [2.24, 2.45) is 0 Å². The molecule has 4 aromatic rings. The van der Waals surface area contributed by atoms with Crippen LogP contribution in [0.4, 0.5) is 0 Å². The third kappa shape index (κ3) is 3.20. The number of nitrogens with zero attached hydrogens (tertiary/aromatic N) is 5. The van der Waals surface area contributed by atoms with Gasteiger partial charge in [0.2, 0.25) is 0 Å². The number of aromatic nitrogens is 4. The van der Waals surface area contributed by atoms with Crippen molar-refractivity contribution in [1.29, 1.82) is 0 Å². The topological polar surface area (TPSA) is 46.3 Å². The van der Waals surface area contributed by atoms with Gasteiger partial charge in [0.25, 0.3) is 0 Å². The van der Waals surface area contributed by atoms with Crippen LogP contribution in [-0.4, -0.2) is 37.8 Å². The number of hydrogen-bond donors (Lipinski definition) is 0. The molecule has 2 aliphatic rings. The maximum Gasteiger partial charge on any atom is 0.178 e. The van der Waals surface area contributed by atoms with Crippen LogP contribution in [0.2, 0.25) is 0 Å². The number of thioether (sulfide) groups is 1. The highest BCUT2D eigenvalue weighted by Gasteiger charge is 2.27. The Morgan fingerprint density at radius 1 is 0.933 bits per heavy atom. The molecule has 0 saturated carbocycles. The molecule has 0 bridgehead atoms. The van der Waals surface area contributed by atoms with E-state index in [1.54, 1.807) is 0 Å². The Balaban J connectivity index is 1.26. The van der Waals surface area contributed by atoms with Crippen molar-refractivity contribution in [3.8, 4) is 11.3 Å². The molecule has 0 aliphatic carbocycles. The van der Waals surface area contributed by atoms with Gasteiger partial charge in [0, 0.05) is 28.7 Å². The first-order valence-electron chi connectivity index (χ1n) is 10.6. The molecule has 6 rings (SSSR count). The Hall–Kier alpha value is -2.70. The molecular formula is C24H23N5S. The van der Waals surface area contributed by atoms with E-state index >= 15 is 0 Å². The van der Waals surface area contributed by atoms with Crippen LogP contribution >= 0.6 is 11.8 Å². The molecule has 2 aromatic heterocycles. The Labute approximate surface area is 180 Å². The minimum Gasteiger partial charge on any atom is -0.299 e. The maximum absolute atomic E-state index is 5.04. The molecule has 0 radical (unpaired) electrons. The lowest BCUT2D eigenvalue weighted by Crippen LogP contribution is -2.33. The van der Waals surface area contributed by atoms with Gasteiger partial charge < -0.3 is 0 Å². The molecule has 1 saturated heterocycles. The highest BCUT2D eigenvalue weighted by molar-refractivity contribution is 7.98. The zero-order valence-electron chi connectivity index (χ0n) is 16.7. The SMILES string of the molecule is c1ccc(CN2CCC(c3nnc4cc5c(nn34)-c3ccccc3SC5)CC2)cc1. The van der Waals surface area contributed by atoms with E-state index in [0.717, 1.165) is 55.4 Å². The molecular weight excluding hydrogens is 390 g/mol. The zero-order valence-corrected chi connectivity index (χ0v) is 17.6. The number of piperidine rings is 1. The first kappa shape index (κ1) is 18.1. The van der Waals surface area contributed by atoms with E-state index in [0.29, 0.717) is 5.92 Å². The van der Waals surface area contributed by atoms with Crippen LogP contribution in [0.1, 0.15) is 35.7 Å². The lowest BCUT2D eigenvalue weighted by molar-refractivity contribution is 0.201. The Kier molecular flexibility index (Phi) is 4.54. The van der Waals surface area contributed by atoms with Crippen LogP contribution in [-0.2, 0) is 12.3 Å². The average Bonchev–Trinajstić information content (AvgIpc) is 3.22. The fourth-order valence-electron chi connectivity index (χ4n) is 4.61. The molecule has 2 aliphatic heterocycles. The normalized spacial score (nSPS) is 17.1. The van der Waals surface area contributed by atoms with E-state index in [9.17, 15) is 0 Å². The van der Waals surface area contributed by atoms with Gasteiger partial charge in [-0.05, 0) is 49.2 Å². The quantitative estimate of drug-likeness (QED) is 0.484. The smallest absolute Gasteiger partial charge is 0.178 e. The van der Waals surface area contributed by atoms with Gasteiger partial charge in [-0.3, -0.25) is 4.90 Å². The van der Waals surface area contributed by atoms with Crippen molar-refractivity contribution < 1.29 is 0 Å². The zero-order chi connectivity index (χ0) is 19.9. The van der Waals surface area contributed by atoms with Crippen LogP contribution in [0.5, 0.6) is 0 Å². The summed E-state index contributed by atoms with van der Waals surface area (Å²) in [4.78, 5) is 3.85. The van der Waals surface area contributed by atoms with Crippen LogP contribution in [0.3, 0.4) is 0 Å². The molecule has 1 fully saturated rings. The molecule has 4 heterocycles. The fraction of sp³-hybridized carbons (Fsp3) is 0.292. The van der Waals surface area contributed by atoms with Crippen molar-refractivity contribution in [3.05, 3.63) is 77.6 Å². The summed E-state index contributed by atoms with van der Waals surface area (Å²) >= 11 is 1.87. The highest BCUT2D eigenvalue weighted by atomic mass is 32.2. The lowest BCUT2D eigenvalue weighted by atomic mass is 9.95. The number of fused-ring (bicyclic) bond motifs is 4. The molecule has 5 nitrogen and oxygen atoms in total. The van der Waals surface area contributed by atoms with Crippen molar-refractivity contribution in [3.63, 3.8) is 0 Å². The summed E-state index contributed by atoms with van der Waals surface area (Å²) < 4.78 is 2.00.